The molecule has 0 amide bonds. The lowest BCUT2D eigenvalue weighted by atomic mass is 9.85. The maximum Gasteiger partial charge on any atom is 0.306 e. The smallest absolute Gasteiger partial charge is 0.306 e. The highest BCUT2D eigenvalue weighted by atomic mass is 16.5. The number of aliphatic hydroxyl groups excluding tert-OH is 1. The van der Waals surface area contributed by atoms with Crippen molar-refractivity contribution in [1.29, 1.82) is 0 Å². The summed E-state index contributed by atoms with van der Waals surface area (Å²) in [4.78, 5) is 10.9. The number of carbonyl (C=O) groups is 1. The molecule has 0 heterocycles. The summed E-state index contributed by atoms with van der Waals surface area (Å²) in [6, 6.07) is 0. The fourth-order valence-electron chi connectivity index (χ4n) is 4.98. The maximum atomic E-state index is 10.9. The Bertz CT molecular complexity index is 776. The van der Waals surface area contributed by atoms with Crippen LogP contribution in [-0.4, -0.2) is 45.7 Å². The van der Waals surface area contributed by atoms with Crippen LogP contribution < -0.4 is 0 Å². The number of aliphatic carboxylic acids is 1. The van der Waals surface area contributed by atoms with Crippen molar-refractivity contribution in [2.75, 3.05) is 6.61 Å². The Hall–Kier alpha value is -1.43. The molecule has 37 heavy (non-hydrogen) atoms. The molecule has 0 spiro atoms. The van der Waals surface area contributed by atoms with Crippen molar-refractivity contribution >= 4 is 5.97 Å². The van der Waals surface area contributed by atoms with Gasteiger partial charge in [-0.15, -0.1) is 0 Å². The summed E-state index contributed by atoms with van der Waals surface area (Å²) in [6.45, 7) is 15.1. The van der Waals surface area contributed by atoms with Gasteiger partial charge in [0.1, 0.15) is 0 Å². The molecule has 1 aliphatic carbocycles. The van der Waals surface area contributed by atoms with E-state index in [2.05, 4.69) is 33.8 Å². The van der Waals surface area contributed by atoms with Gasteiger partial charge >= 0.3 is 5.97 Å². The van der Waals surface area contributed by atoms with Gasteiger partial charge in [0.05, 0.1) is 23.7 Å². The van der Waals surface area contributed by atoms with Gasteiger partial charge in [-0.2, -0.15) is 0 Å². The Morgan fingerprint density at radius 3 is 2.46 bits per heavy atom. The Balaban J connectivity index is 2.38. The minimum atomic E-state index is -0.764. The van der Waals surface area contributed by atoms with Crippen LogP contribution in [0.15, 0.2) is 34.4 Å². The van der Waals surface area contributed by atoms with E-state index in [1.165, 1.54) is 23.1 Å². The molecule has 214 valence electrons. The molecule has 0 aliphatic heterocycles. The van der Waals surface area contributed by atoms with E-state index in [-0.39, 0.29) is 12.0 Å². The van der Waals surface area contributed by atoms with Crippen LogP contribution in [-0.2, 0) is 9.53 Å². The van der Waals surface area contributed by atoms with E-state index in [0.29, 0.717) is 25.2 Å². The second-order valence-corrected chi connectivity index (χ2v) is 11.9. The molecular formula is C32H56O5. The molecule has 5 nitrogen and oxygen atoms in total. The molecule has 5 unspecified atom stereocenters. The van der Waals surface area contributed by atoms with Crippen LogP contribution in [0.4, 0.5) is 0 Å². The maximum absolute atomic E-state index is 10.9. The van der Waals surface area contributed by atoms with Crippen LogP contribution >= 0.6 is 0 Å². The molecule has 0 aromatic rings. The lowest BCUT2D eigenvalue weighted by Crippen LogP contribution is -2.27. The minimum absolute atomic E-state index is 0.0186. The highest BCUT2D eigenvalue weighted by Crippen LogP contribution is 2.32. The molecule has 3 N–H and O–H groups in total. The normalized spacial score (nSPS) is 22.0. The van der Waals surface area contributed by atoms with E-state index >= 15 is 0 Å². The number of carboxylic acid groups (broad SMARTS) is 1. The number of allylic oxidation sites excluding steroid dienone is 2. The molecule has 5 heteroatoms. The van der Waals surface area contributed by atoms with Crippen molar-refractivity contribution in [3.05, 3.63) is 34.4 Å². The zero-order chi connectivity index (χ0) is 28.0. The highest BCUT2D eigenvalue weighted by Gasteiger charge is 2.26. The fourth-order valence-corrected chi connectivity index (χ4v) is 4.98. The first-order valence-electron chi connectivity index (χ1n) is 14.7. The van der Waals surface area contributed by atoms with Gasteiger partial charge in [-0.05, 0) is 121 Å². The van der Waals surface area contributed by atoms with E-state index in [0.717, 1.165) is 63.5 Å². The quantitative estimate of drug-likeness (QED) is 0.120. The summed E-state index contributed by atoms with van der Waals surface area (Å²) in [5.41, 5.74) is 4.06. The predicted molar refractivity (Wildman–Crippen MR) is 154 cm³/mol. The molecule has 0 aromatic heterocycles. The number of hydrogen-bond donors (Lipinski definition) is 3. The van der Waals surface area contributed by atoms with Crippen LogP contribution in [0.5, 0.6) is 0 Å². The van der Waals surface area contributed by atoms with Gasteiger partial charge in [-0.3, -0.25) is 4.79 Å². The van der Waals surface area contributed by atoms with E-state index in [1.807, 2.05) is 19.9 Å². The Morgan fingerprint density at radius 1 is 1.11 bits per heavy atom. The van der Waals surface area contributed by atoms with Gasteiger partial charge in [-0.1, -0.05) is 45.3 Å². The van der Waals surface area contributed by atoms with Gasteiger partial charge in [0, 0.05) is 6.61 Å². The summed E-state index contributed by atoms with van der Waals surface area (Å²) < 4.78 is 6.23. The van der Waals surface area contributed by atoms with Crippen LogP contribution in [0.3, 0.4) is 0 Å². The lowest BCUT2D eigenvalue weighted by molar-refractivity contribution is -0.141. The number of carboxylic acids is 1. The first kappa shape index (κ1) is 33.6. The van der Waals surface area contributed by atoms with Gasteiger partial charge in [0.2, 0.25) is 0 Å². The molecular weight excluding hydrogens is 464 g/mol. The zero-order valence-electron chi connectivity index (χ0n) is 24.8. The predicted octanol–water partition coefficient (Wildman–Crippen LogP) is 7.76. The summed E-state index contributed by atoms with van der Waals surface area (Å²) in [7, 11) is 0. The van der Waals surface area contributed by atoms with E-state index < -0.39 is 17.7 Å². The second kappa shape index (κ2) is 17.2. The fraction of sp³-hybridized carbons (Fsp3) is 0.781. The van der Waals surface area contributed by atoms with Crippen molar-refractivity contribution in [3.8, 4) is 0 Å². The monoisotopic (exact) mass is 520 g/mol. The van der Waals surface area contributed by atoms with E-state index in [9.17, 15) is 15.0 Å². The second-order valence-electron chi connectivity index (χ2n) is 11.9. The van der Waals surface area contributed by atoms with Crippen molar-refractivity contribution in [3.63, 3.8) is 0 Å². The van der Waals surface area contributed by atoms with E-state index in [4.69, 9.17) is 9.84 Å². The first-order valence-corrected chi connectivity index (χ1v) is 14.7. The van der Waals surface area contributed by atoms with Crippen molar-refractivity contribution in [1.82, 2.24) is 0 Å². The van der Waals surface area contributed by atoms with Gasteiger partial charge < -0.3 is 20.1 Å². The average Bonchev–Trinajstić information content (AvgIpc) is 2.82. The molecule has 0 saturated heterocycles. The van der Waals surface area contributed by atoms with Gasteiger partial charge in [0.25, 0.3) is 0 Å². The molecule has 0 bridgehead atoms. The highest BCUT2D eigenvalue weighted by molar-refractivity contribution is 5.69. The van der Waals surface area contributed by atoms with Crippen LogP contribution in [0.2, 0.25) is 0 Å². The molecule has 1 rings (SSSR count). The minimum Gasteiger partial charge on any atom is -0.481 e. The molecule has 0 fully saturated rings. The average molecular weight is 521 g/mol. The lowest BCUT2D eigenvalue weighted by Gasteiger charge is -2.30. The SMILES string of the molecule is CCCCOC1C(CCC(C)CCCC(C)=CCCC(C)(O)CCCC(C)C(=O)O)=CC(O)C(C)=C1C. The Morgan fingerprint density at radius 2 is 1.81 bits per heavy atom. The number of hydrogen-bond acceptors (Lipinski definition) is 4. The van der Waals surface area contributed by atoms with E-state index in [1.54, 1.807) is 6.92 Å². The molecule has 5 atom stereocenters. The van der Waals surface area contributed by atoms with Crippen molar-refractivity contribution in [2.45, 2.75) is 143 Å². The summed E-state index contributed by atoms with van der Waals surface area (Å²) >= 11 is 0. The summed E-state index contributed by atoms with van der Waals surface area (Å²) in [5, 5.41) is 30.1. The largest absolute Gasteiger partial charge is 0.481 e. The Labute approximate surface area is 227 Å². The molecule has 1 aliphatic rings. The first-order chi connectivity index (χ1) is 17.4. The van der Waals surface area contributed by atoms with Crippen LogP contribution in [0.25, 0.3) is 0 Å². The summed E-state index contributed by atoms with van der Waals surface area (Å²) in [5.74, 6) is -0.499. The number of rotatable bonds is 19. The zero-order valence-corrected chi connectivity index (χ0v) is 24.8. The number of ether oxygens (including phenoxy) is 1. The topological polar surface area (TPSA) is 87.0 Å². The van der Waals surface area contributed by atoms with Crippen LogP contribution in [0.1, 0.15) is 126 Å². The molecule has 0 aromatic carbocycles. The third kappa shape index (κ3) is 13.3. The molecule has 0 saturated carbocycles. The molecule has 0 radical (unpaired) electrons. The number of aliphatic hydroxyl groups is 2. The summed E-state index contributed by atoms with van der Waals surface area (Å²) in [6.07, 6.45) is 15.0. The Kier molecular flexibility index (Phi) is 15.6. The third-order valence-electron chi connectivity index (χ3n) is 8.09. The number of unbranched alkanes of at least 4 members (excludes halogenated alkanes) is 1. The van der Waals surface area contributed by atoms with Gasteiger partial charge in [-0.25, -0.2) is 0 Å². The van der Waals surface area contributed by atoms with Crippen LogP contribution in [0, 0.1) is 11.8 Å². The van der Waals surface area contributed by atoms with Gasteiger partial charge in [0.15, 0.2) is 0 Å². The van der Waals surface area contributed by atoms with Crippen molar-refractivity contribution < 1.29 is 24.9 Å². The standard InChI is InChI=1S/C32H56O5/c1-8-9-21-37-30-27(6)26(5)29(33)22-28(30)18-17-24(3)14-10-13-23(2)15-11-19-32(7,36)20-12-16-25(4)31(34)35/h15,22,24-25,29-30,33,36H,8-14,16-21H2,1-7H3,(H,34,35). The third-order valence-corrected chi connectivity index (χ3v) is 8.09. The van der Waals surface area contributed by atoms with Crippen molar-refractivity contribution in [2.24, 2.45) is 11.8 Å².